The summed E-state index contributed by atoms with van der Waals surface area (Å²) in [6.45, 7) is 1.78. The van der Waals surface area contributed by atoms with Crippen LogP contribution in [0.15, 0.2) is 24.3 Å². The maximum Gasteiger partial charge on any atom is 0.304 e. The number of carboxylic acid groups (broad SMARTS) is 1. The minimum absolute atomic E-state index is 0.382. The Morgan fingerprint density at radius 1 is 1.47 bits per heavy atom. The van der Waals surface area contributed by atoms with Crippen molar-refractivity contribution in [2.75, 3.05) is 0 Å². The summed E-state index contributed by atoms with van der Waals surface area (Å²) in [5, 5.41) is 8.53. The normalized spacial score (nSPS) is 12.8. The molecule has 0 fully saturated rings. The molecule has 0 saturated heterocycles. The van der Waals surface area contributed by atoms with Gasteiger partial charge in [-0.05, 0) is 12.5 Å². The molecular weight excluding hydrogens is 202 g/mol. The Hall–Kier alpha value is -1.45. The highest BCUT2D eigenvalue weighted by molar-refractivity contribution is 5.68. The van der Waals surface area contributed by atoms with Gasteiger partial charge in [-0.2, -0.15) is 0 Å². The fourth-order valence-electron chi connectivity index (χ4n) is 1.44. The molecule has 0 aromatic heterocycles. The monoisotopic (exact) mass is 214 g/mol. The van der Waals surface area contributed by atoms with E-state index in [1.54, 1.807) is 25.1 Å². The molecule has 1 rings (SSSR count). The van der Waals surface area contributed by atoms with Gasteiger partial charge in [0.15, 0.2) is 0 Å². The number of halogens is 2. The van der Waals surface area contributed by atoms with Crippen LogP contribution in [0.3, 0.4) is 0 Å². The number of carboxylic acids is 1. The van der Waals surface area contributed by atoms with Crippen LogP contribution in [0, 0.1) is 6.92 Å². The summed E-state index contributed by atoms with van der Waals surface area (Å²) in [5.74, 6) is -2.43. The van der Waals surface area contributed by atoms with Crippen molar-refractivity contribution in [2.45, 2.75) is 25.7 Å². The predicted octanol–water partition coefficient (Wildman–Crippen LogP) is 2.82. The third kappa shape index (κ3) is 3.31. The minimum Gasteiger partial charge on any atom is -0.481 e. The van der Waals surface area contributed by atoms with E-state index in [4.69, 9.17) is 5.11 Å². The second-order valence-corrected chi connectivity index (χ2v) is 3.45. The van der Waals surface area contributed by atoms with Crippen molar-refractivity contribution >= 4 is 5.97 Å². The molecule has 0 radical (unpaired) electrons. The Morgan fingerprint density at radius 3 is 2.60 bits per heavy atom. The quantitative estimate of drug-likeness (QED) is 0.836. The van der Waals surface area contributed by atoms with Crippen LogP contribution in [-0.4, -0.2) is 17.5 Å². The molecule has 82 valence electrons. The van der Waals surface area contributed by atoms with Gasteiger partial charge in [0.1, 0.15) is 0 Å². The summed E-state index contributed by atoms with van der Waals surface area (Å²) in [5.41, 5.74) is 1.23. The van der Waals surface area contributed by atoms with Gasteiger partial charge >= 0.3 is 5.97 Å². The Kier molecular flexibility index (Phi) is 3.77. The van der Waals surface area contributed by atoms with E-state index in [1.165, 1.54) is 6.07 Å². The van der Waals surface area contributed by atoms with Gasteiger partial charge < -0.3 is 5.11 Å². The molecule has 1 unspecified atom stereocenters. The summed E-state index contributed by atoms with van der Waals surface area (Å²) in [6, 6.07) is 6.57. The van der Waals surface area contributed by atoms with Crippen LogP contribution in [0.1, 0.15) is 23.5 Å². The lowest BCUT2D eigenvalue weighted by Gasteiger charge is -2.14. The van der Waals surface area contributed by atoms with E-state index in [0.717, 1.165) is 5.56 Å². The number of benzene rings is 1. The zero-order chi connectivity index (χ0) is 11.4. The Morgan fingerprint density at radius 2 is 2.13 bits per heavy atom. The third-order valence-corrected chi connectivity index (χ3v) is 2.17. The van der Waals surface area contributed by atoms with E-state index in [9.17, 15) is 13.6 Å². The number of carbonyl (C=O) groups is 1. The molecule has 0 spiro atoms. The standard InChI is InChI=1S/C11H12F2O2/c1-7-3-2-4-8(5-7)9(11(12)13)6-10(14)15/h2-5,9,11H,6H2,1H3,(H,14,15). The highest BCUT2D eigenvalue weighted by Gasteiger charge is 2.25. The average Bonchev–Trinajstić information content (AvgIpc) is 2.13. The molecule has 2 nitrogen and oxygen atoms in total. The van der Waals surface area contributed by atoms with Gasteiger partial charge in [-0.3, -0.25) is 4.79 Å². The van der Waals surface area contributed by atoms with Crippen molar-refractivity contribution in [3.05, 3.63) is 35.4 Å². The first-order valence-corrected chi connectivity index (χ1v) is 4.57. The zero-order valence-electron chi connectivity index (χ0n) is 8.28. The van der Waals surface area contributed by atoms with E-state index < -0.39 is 24.7 Å². The Labute approximate surface area is 86.5 Å². The maximum absolute atomic E-state index is 12.6. The predicted molar refractivity (Wildman–Crippen MR) is 52.2 cm³/mol. The van der Waals surface area contributed by atoms with Crippen LogP contribution in [0.5, 0.6) is 0 Å². The third-order valence-electron chi connectivity index (χ3n) is 2.17. The summed E-state index contributed by atoms with van der Waals surface area (Å²) >= 11 is 0. The molecule has 4 heteroatoms. The molecular formula is C11H12F2O2. The molecule has 15 heavy (non-hydrogen) atoms. The summed E-state index contributed by atoms with van der Waals surface area (Å²) in [6.07, 6.45) is -3.19. The molecule has 1 aromatic carbocycles. The molecule has 0 bridgehead atoms. The topological polar surface area (TPSA) is 37.3 Å². The van der Waals surface area contributed by atoms with E-state index in [-0.39, 0.29) is 0 Å². The lowest BCUT2D eigenvalue weighted by Crippen LogP contribution is -2.14. The second-order valence-electron chi connectivity index (χ2n) is 3.45. The highest BCUT2D eigenvalue weighted by atomic mass is 19.3. The van der Waals surface area contributed by atoms with Gasteiger partial charge in [-0.1, -0.05) is 29.8 Å². The van der Waals surface area contributed by atoms with Gasteiger partial charge in [0.25, 0.3) is 0 Å². The van der Waals surface area contributed by atoms with Crippen molar-refractivity contribution in [2.24, 2.45) is 0 Å². The first-order chi connectivity index (χ1) is 7.00. The Bertz CT molecular complexity index is 350. The lowest BCUT2D eigenvalue weighted by atomic mass is 9.95. The molecule has 0 heterocycles. The van der Waals surface area contributed by atoms with Crippen LogP contribution in [0.25, 0.3) is 0 Å². The minimum atomic E-state index is -2.65. The van der Waals surface area contributed by atoms with Gasteiger partial charge in [-0.15, -0.1) is 0 Å². The maximum atomic E-state index is 12.6. The first kappa shape index (κ1) is 11.6. The number of aliphatic carboxylic acids is 1. The van der Waals surface area contributed by atoms with E-state index in [0.29, 0.717) is 5.56 Å². The largest absolute Gasteiger partial charge is 0.481 e. The van der Waals surface area contributed by atoms with Crippen molar-refractivity contribution < 1.29 is 18.7 Å². The summed E-state index contributed by atoms with van der Waals surface area (Å²) in [4.78, 5) is 10.4. The van der Waals surface area contributed by atoms with Gasteiger partial charge in [-0.25, -0.2) is 8.78 Å². The van der Waals surface area contributed by atoms with Crippen LogP contribution in [0.2, 0.25) is 0 Å². The average molecular weight is 214 g/mol. The number of rotatable bonds is 4. The van der Waals surface area contributed by atoms with Gasteiger partial charge in [0.05, 0.1) is 12.3 Å². The number of aryl methyl sites for hydroxylation is 1. The van der Waals surface area contributed by atoms with E-state index in [2.05, 4.69) is 0 Å². The second kappa shape index (κ2) is 4.87. The molecule has 0 aliphatic rings. The summed E-state index contributed by atoms with van der Waals surface area (Å²) in [7, 11) is 0. The van der Waals surface area contributed by atoms with E-state index in [1.807, 2.05) is 0 Å². The van der Waals surface area contributed by atoms with Gasteiger partial charge in [0, 0.05) is 0 Å². The number of hydrogen-bond donors (Lipinski definition) is 1. The van der Waals surface area contributed by atoms with Gasteiger partial charge in [0.2, 0.25) is 6.43 Å². The SMILES string of the molecule is Cc1cccc(C(CC(=O)O)C(F)F)c1. The summed E-state index contributed by atoms with van der Waals surface area (Å²) < 4.78 is 25.2. The molecule has 0 amide bonds. The fourth-order valence-corrected chi connectivity index (χ4v) is 1.44. The first-order valence-electron chi connectivity index (χ1n) is 4.57. The smallest absolute Gasteiger partial charge is 0.304 e. The van der Waals surface area contributed by atoms with Crippen LogP contribution < -0.4 is 0 Å². The van der Waals surface area contributed by atoms with Crippen molar-refractivity contribution in [3.8, 4) is 0 Å². The van der Waals surface area contributed by atoms with Crippen molar-refractivity contribution in [1.29, 1.82) is 0 Å². The zero-order valence-corrected chi connectivity index (χ0v) is 8.28. The number of hydrogen-bond acceptors (Lipinski definition) is 1. The van der Waals surface area contributed by atoms with E-state index >= 15 is 0 Å². The molecule has 1 N–H and O–H groups in total. The van der Waals surface area contributed by atoms with Crippen molar-refractivity contribution in [1.82, 2.24) is 0 Å². The molecule has 0 aliphatic heterocycles. The highest BCUT2D eigenvalue weighted by Crippen LogP contribution is 2.27. The molecule has 1 atom stereocenters. The number of alkyl halides is 2. The van der Waals surface area contributed by atoms with Crippen LogP contribution in [-0.2, 0) is 4.79 Å². The molecule has 0 saturated carbocycles. The molecule has 1 aromatic rings. The lowest BCUT2D eigenvalue weighted by molar-refractivity contribution is -0.138. The van der Waals surface area contributed by atoms with Crippen molar-refractivity contribution in [3.63, 3.8) is 0 Å². The molecule has 0 aliphatic carbocycles. The fraction of sp³-hybridized carbons (Fsp3) is 0.364. The Balaban J connectivity index is 2.93. The van der Waals surface area contributed by atoms with Crippen LogP contribution >= 0.6 is 0 Å². The van der Waals surface area contributed by atoms with Crippen LogP contribution in [0.4, 0.5) is 8.78 Å².